The minimum Gasteiger partial charge on any atom is -0.356 e. The first-order valence-corrected chi connectivity index (χ1v) is 8.89. The Hall–Kier alpha value is -1.62. The Kier molecular flexibility index (Phi) is 4.94. The first-order chi connectivity index (χ1) is 11.4. The summed E-state index contributed by atoms with van der Waals surface area (Å²) in [6, 6.07) is 2.57. The first-order valence-electron chi connectivity index (χ1n) is 7.53. The highest BCUT2D eigenvalue weighted by molar-refractivity contribution is 7.84. The number of nitrogens with zero attached hydrogens (tertiary/aromatic N) is 1. The Morgan fingerprint density at radius 3 is 2.52 bits per heavy atom. The van der Waals surface area contributed by atoms with E-state index in [9.17, 15) is 26.4 Å². The third kappa shape index (κ3) is 3.03. The van der Waals surface area contributed by atoms with Gasteiger partial charge in [-0.05, 0) is 37.8 Å². The van der Waals surface area contributed by atoms with E-state index in [4.69, 9.17) is 0 Å². The van der Waals surface area contributed by atoms with E-state index < -0.39 is 52.9 Å². The number of hydrogen-bond donors (Lipinski definition) is 1. The Balaban J connectivity index is 2.43. The minimum atomic E-state index is -5.19. The fourth-order valence-corrected chi connectivity index (χ4v) is 4.52. The number of carbonyl (C=O) groups is 1. The van der Waals surface area contributed by atoms with Crippen molar-refractivity contribution >= 4 is 16.3 Å². The molecule has 0 saturated heterocycles. The van der Waals surface area contributed by atoms with Crippen molar-refractivity contribution in [3.63, 3.8) is 0 Å². The lowest BCUT2D eigenvalue weighted by molar-refractivity contribution is -0.248. The van der Waals surface area contributed by atoms with Crippen molar-refractivity contribution in [1.29, 1.82) is 0 Å². The third-order valence-electron chi connectivity index (χ3n) is 4.75. The van der Waals surface area contributed by atoms with Gasteiger partial charge >= 0.3 is 22.4 Å². The molecule has 6 nitrogen and oxygen atoms in total. The summed E-state index contributed by atoms with van der Waals surface area (Å²) in [5, 5.41) is 0. The average Bonchev–Trinajstić information content (AvgIpc) is 3.13. The van der Waals surface area contributed by atoms with Crippen LogP contribution in [0.15, 0.2) is 18.3 Å². The second-order valence-corrected chi connectivity index (χ2v) is 7.48. The molecule has 11 heteroatoms. The molecule has 1 aromatic heterocycles. The van der Waals surface area contributed by atoms with Gasteiger partial charge in [-0.25, -0.2) is 9.18 Å². The summed E-state index contributed by atoms with van der Waals surface area (Å²) < 4.78 is 85.1. The number of carbonyl (C=O) groups excluding carboxylic acids is 1. The van der Waals surface area contributed by atoms with E-state index in [1.54, 1.807) is 0 Å². The van der Waals surface area contributed by atoms with E-state index >= 15 is 4.39 Å². The van der Waals surface area contributed by atoms with Gasteiger partial charge in [0.15, 0.2) is 5.54 Å². The van der Waals surface area contributed by atoms with E-state index in [0.717, 1.165) is 0 Å². The van der Waals surface area contributed by atoms with Gasteiger partial charge < -0.3 is 9.17 Å². The normalized spacial score (nSPS) is 27.6. The fraction of sp³-hybridized carbons (Fsp3) is 0.643. The molecule has 1 aliphatic carbocycles. The zero-order valence-corrected chi connectivity index (χ0v) is 14.4. The van der Waals surface area contributed by atoms with Crippen LogP contribution < -0.4 is 0 Å². The SMILES string of the molecule is CCC1(F)CCCC1(N(C)S(=O)(=O)OC(=O)c1ccc[nH]1)C(F)(F)F. The quantitative estimate of drug-likeness (QED) is 0.789. The highest BCUT2D eigenvalue weighted by Crippen LogP contribution is 2.56. The molecular formula is C14H18F4N2O4S. The number of hydrogen-bond acceptors (Lipinski definition) is 4. The van der Waals surface area contributed by atoms with Gasteiger partial charge in [-0.15, -0.1) is 0 Å². The number of halogens is 4. The lowest BCUT2D eigenvalue weighted by atomic mass is 9.81. The van der Waals surface area contributed by atoms with Gasteiger partial charge in [0.1, 0.15) is 11.4 Å². The maximum Gasteiger partial charge on any atom is 0.411 e. The molecule has 1 aliphatic rings. The lowest BCUT2D eigenvalue weighted by Gasteiger charge is -2.45. The minimum absolute atomic E-state index is 0.145. The standard InChI is InChI=1S/C14H18F4N2O4S/c1-3-12(15)7-5-8-13(12,14(16,17)18)20(2)25(22,23)24-11(21)10-6-4-9-19-10/h4,6,9,19H,3,5,7-8H2,1-2H3. The number of rotatable bonds is 5. The van der Waals surface area contributed by atoms with Gasteiger partial charge in [0.25, 0.3) is 0 Å². The maximum atomic E-state index is 15.1. The largest absolute Gasteiger partial charge is 0.411 e. The van der Waals surface area contributed by atoms with Crippen molar-refractivity contribution in [3.05, 3.63) is 24.0 Å². The van der Waals surface area contributed by atoms with Gasteiger partial charge in [-0.3, -0.25) is 0 Å². The molecule has 1 saturated carbocycles. The lowest BCUT2D eigenvalue weighted by Crippen LogP contribution is -2.67. The molecule has 2 rings (SSSR count). The molecule has 0 spiro atoms. The van der Waals surface area contributed by atoms with Crippen LogP contribution in [-0.4, -0.2) is 48.1 Å². The highest BCUT2D eigenvalue weighted by Gasteiger charge is 2.73. The van der Waals surface area contributed by atoms with Gasteiger partial charge in [0.05, 0.1) is 0 Å². The Bertz CT molecular complexity index is 735. The van der Waals surface area contributed by atoms with Crippen LogP contribution in [0, 0.1) is 0 Å². The molecule has 25 heavy (non-hydrogen) atoms. The summed E-state index contributed by atoms with van der Waals surface area (Å²) in [5.74, 6) is -1.38. The number of nitrogens with one attached hydrogen (secondary N) is 1. The molecule has 0 aromatic carbocycles. The molecule has 0 aliphatic heterocycles. The van der Waals surface area contributed by atoms with Crippen LogP contribution in [0.2, 0.25) is 0 Å². The smallest absolute Gasteiger partial charge is 0.356 e. The third-order valence-corrected chi connectivity index (χ3v) is 6.10. The maximum absolute atomic E-state index is 15.1. The van der Waals surface area contributed by atoms with Crippen molar-refractivity contribution in [2.45, 2.75) is 50.0 Å². The van der Waals surface area contributed by atoms with Gasteiger partial charge in [0.2, 0.25) is 0 Å². The predicted molar refractivity (Wildman–Crippen MR) is 79.7 cm³/mol. The van der Waals surface area contributed by atoms with Crippen molar-refractivity contribution < 1.29 is 35.0 Å². The summed E-state index contributed by atoms with van der Waals surface area (Å²) >= 11 is 0. The van der Waals surface area contributed by atoms with Crippen LogP contribution >= 0.6 is 0 Å². The van der Waals surface area contributed by atoms with Crippen LogP contribution in [-0.2, 0) is 14.5 Å². The summed E-state index contributed by atoms with van der Waals surface area (Å²) in [6.45, 7) is 1.22. The van der Waals surface area contributed by atoms with E-state index in [0.29, 0.717) is 7.05 Å². The van der Waals surface area contributed by atoms with E-state index in [1.165, 1.54) is 25.3 Å². The van der Waals surface area contributed by atoms with Crippen LogP contribution in [0.1, 0.15) is 43.1 Å². The van der Waals surface area contributed by atoms with Crippen LogP contribution in [0.4, 0.5) is 17.6 Å². The number of aromatic nitrogens is 1. The molecule has 2 atom stereocenters. The number of aromatic amines is 1. The molecule has 0 bridgehead atoms. The molecule has 1 aromatic rings. The van der Waals surface area contributed by atoms with Gasteiger partial charge in [-0.2, -0.15) is 25.9 Å². The van der Waals surface area contributed by atoms with Gasteiger partial charge in [-0.1, -0.05) is 6.92 Å². The molecule has 1 N–H and O–H groups in total. The predicted octanol–water partition coefficient (Wildman–Crippen LogP) is 2.95. The number of alkyl halides is 4. The van der Waals surface area contributed by atoms with Crippen molar-refractivity contribution in [2.24, 2.45) is 0 Å². The zero-order valence-electron chi connectivity index (χ0n) is 13.6. The first kappa shape index (κ1) is 19.7. The highest BCUT2D eigenvalue weighted by atomic mass is 32.2. The molecule has 0 radical (unpaired) electrons. The summed E-state index contributed by atoms with van der Waals surface area (Å²) in [5.41, 5.74) is -6.36. The Morgan fingerprint density at radius 2 is 2.04 bits per heavy atom. The average molecular weight is 386 g/mol. The number of H-pyrrole nitrogens is 1. The second-order valence-electron chi connectivity index (χ2n) is 5.91. The molecule has 2 unspecified atom stereocenters. The van der Waals surface area contributed by atoms with Crippen LogP contribution in [0.5, 0.6) is 0 Å². The molecular weight excluding hydrogens is 368 g/mol. The van der Waals surface area contributed by atoms with Crippen LogP contribution in [0.3, 0.4) is 0 Å². The van der Waals surface area contributed by atoms with Crippen LogP contribution in [0.25, 0.3) is 0 Å². The molecule has 1 heterocycles. The summed E-state index contributed by atoms with van der Waals surface area (Å²) in [6.07, 6.45) is -5.74. The van der Waals surface area contributed by atoms with E-state index in [2.05, 4.69) is 9.17 Å². The molecule has 1 fully saturated rings. The van der Waals surface area contributed by atoms with Crippen molar-refractivity contribution in [3.8, 4) is 0 Å². The summed E-state index contributed by atoms with van der Waals surface area (Å²) in [4.78, 5) is 14.2. The Labute approximate surface area is 142 Å². The second kappa shape index (κ2) is 6.27. The van der Waals surface area contributed by atoms with E-state index in [1.807, 2.05) is 0 Å². The fourth-order valence-electron chi connectivity index (χ4n) is 3.38. The monoisotopic (exact) mass is 386 g/mol. The molecule has 142 valence electrons. The van der Waals surface area contributed by atoms with Crippen molar-refractivity contribution in [1.82, 2.24) is 9.29 Å². The zero-order chi connectivity index (χ0) is 19.1. The van der Waals surface area contributed by atoms with Gasteiger partial charge in [0, 0.05) is 13.2 Å². The summed E-state index contributed by atoms with van der Waals surface area (Å²) in [7, 11) is -4.60. The van der Waals surface area contributed by atoms with Crippen molar-refractivity contribution in [2.75, 3.05) is 7.05 Å². The topological polar surface area (TPSA) is 79.5 Å². The Morgan fingerprint density at radius 1 is 1.40 bits per heavy atom. The molecule has 0 amide bonds. The van der Waals surface area contributed by atoms with E-state index in [-0.39, 0.29) is 16.4 Å².